The average molecular weight is 584 g/mol. The number of aliphatic hydroxyl groups is 1. The van der Waals surface area contributed by atoms with E-state index in [0.717, 1.165) is 0 Å². The zero-order valence-electron chi connectivity index (χ0n) is 20.5. The van der Waals surface area contributed by atoms with Gasteiger partial charge in [0.25, 0.3) is 0 Å². The van der Waals surface area contributed by atoms with Crippen LogP contribution in [0.4, 0.5) is 0 Å². The Hall–Kier alpha value is -3.63. The van der Waals surface area contributed by atoms with E-state index in [9.17, 15) is 39.0 Å². The van der Waals surface area contributed by atoms with Crippen LogP contribution in [0, 0.1) is 0 Å². The molecule has 1 aromatic heterocycles. The number of fused-ring (bicyclic) bond motifs is 2. The lowest BCUT2D eigenvalue weighted by Crippen LogP contribution is -2.71. The molecule has 0 saturated carbocycles. The summed E-state index contributed by atoms with van der Waals surface area (Å²) >= 11 is 2.56. The van der Waals surface area contributed by atoms with Crippen molar-refractivity contribution in [2.45, 2.75) is 60.7 Å². The van der Waals surface area contributed by atoms with Crippen LogP contribution in [0.25, 0.3) is 0 Å². The number of thioether (sulfide) groups is 1. The highest BCUT2D eigenvalue weighted by Crippen LogP contribution is 2.50. The Morgan fingerprint density at radius 3 is 2.38 bits per heavy atom. The number of aliphatic carboxylic acids is 3. The standard InChI is InChI=1S/C15H16N2O6S2.C8H9NO5/c1-15(2)9(14(22)23)17-11(19)8(12(17)25-15)16-10(18)7(13(20)21)6-3-4-24-5-6;10-2-1-4-7(8(12)13)9-5(11)3-6(9)14-4/h3-5,7-9,12H,1-2H3,(H,16,18)(H,20,21)(H,22,23);1,6-7,10H,2-3H2,(H,12,13)/b;4-1-. The van der Waals surface area contributed by atoms with Crippen LogP contribution in [0.15, 0.2) is 28.7 Å². The van der Waals surface area contributed by atoms with E-state index in [4.69, 9.17) is 14.9 Å². The van der Waals surface area contributed by atoms with Gasteiger partial charge in [-0.3, -0.25) is 24.1 Å². The first-order chi connectivity index (χ1) is 18.3. The number of carbonyl (C=O) groups excluding carboxylic acids is 3. The summed E-state index contributed by atoms with van der Waals surface area (Å²) in [5.41, 5.74) is 0.349. The van der Waals surface area contributed by atoms with E-state index in [1.165, 1.54) is 39.0 Å². The Bertz CT molecular complexity index is 1250. The first-order valence-electron chi connectivity index (χ1n) is 11.6. The molecule has 210 valence electrons. The van der Waals surface area contributed by atoms with Gasteiger partial charge in [0.15, 0.2) is 18.2 Å². The normalized spacial score (nSPS) is 29.6. The number of rotatable bonds is 7. The zero-order valence-corrected chi connectivity index (χ0v) is 22.2. The summed E-state index contributed by atoms with van der Waals surface area (Å²) < 4.78 is 4.47. The van der Waals surface area contributed by atoms with Gasteiger partial charge in [0.05, 0.1) is 13.0 Å². The number of ether oxygens (including phenoxy) is 1. The third-order valence-electron chi connectivity index (χ3n) is 6.65. The number of carboxylic acids is 3. The first-order valence-corrected chi connectivity index (χ1v) is 13.4. The second-order valence-electron chi connectivity index (χ2n) is 9.52. The number of hydrogen-bond donors (Lipinski definition) is 5. The van der Waals surface area contributed by atoms with E-state index < -0.39 is 70.1 Å². The van der Waals surface area contributed by atoms with Crippen molar-refractivity contribution in [3.8, 4) is 0 Å². The molecular weight excluding hydrogens is 558 g/mol. The fourth-order valence-electron chi connectivity index (χ4n) is 4.89. The van der Waals surface area contributed by atoms with Crippen molar-refractivity contribution in [1.82, 2.24) is 15.1 Å². The second kappa shape index (κ2) is 10.5. The van der Waals surface area contributed by atoms with Gasteiger partial charge < -0.3 is 35.4 Å². The number of nitrogens with one attached hydrogen (secondary N) is 1. The summed E-state index contributed by atoms with van der Waals surface area (Å²) in [5.74, 6) is -6.30. The Kier molecular flexibility index (Phi) is 7.64. The summed E-state index contributed by atoms with van der Waals surface area (Å²) in [6.07, 6.45) is 1.03. The van der Waals surface area contributed by atoms with Crippen molar-refractivity contribution < 1.29 is 53.9 Å². The SMILES string of the molecule is CC1(C)SC2C(NC(=O)C(C(=O)O)c3ccsc3)C(=O)N2C1C(=O)O.O=C(O)C1/C(=C/CO)OC2CC(=O)N21. The predicted octanol–water partition coefficient (Wildman–Crippen LogP) is -0.548. The van der Waals surface area contributed by atoms with Crippen molar-refractivity contribution in [2.24, 2.45) is 0 Å². The molecule has 0 aliphatic carbocycles. The molecule has 4 aliphatic rings. The van der Waals surface area contributed by atoms with E-state index in [1.807, 2.05) is 0 Å². The molecule has 4 saturated heterocycles. The van der Waals surface area contributed by atoms with Gasteiger partial charge >= 0.3 is 17.9 Å². The van der Waals surface area contributed by atoms with Gasteiger partial charge in [0, 0.05) is 4.75 Å². The van der Waals surface area contributed by atoms with Crippen LogP contribution in [0.3, 0.4) is 0 Å². The van der Waals surface area contributed by atoms with Crippen LogP contribution in [0.2, 0.25) is 0 Å². The number of hydrogen-bond acceptors (Lipinski definition) is 10. The fourth-order valence-corrected chi connectivity index (χ4v) is 7.20. The molecule has 0 spiro atoms. The third kappa shape index (κ3) is 4.94. The van der Waals surface area contributed by atoms with Gasteiger partial charge in [-0.2, -0.15) is 11.3 Å². The maximum atomic E-state index is 12.4. The molecule has 0 bridgehead atoms. The minimum Gasteiger partial charge on any atom is -0.480 e. The molecule has 6 unspecified atom stereocenters. The largest absolute Gasteiger partial charge is 0.480 e. The highest BCUT2D eigenvalue weighted by Gasteiger charge is 2.64. The number of carbonyl (C=O) groups is 6. The Balaban J connectivity index is 0.000000212. The van der Waals surface area contributed by atoms with Crippen molar-refractivity contribution in [2.75, 3.05) is 6.61 Å². The molecular formula is C23H25N3O11S2. The minimum atomic E-state index is -1.40. The van der Waals surface area contributed by atoms with Crippen molar-refractivity contribution in [3.05, 3.63) is 34.2 Å². The van der Waals surface area contributed by atoms with Gasteiger partial charge in [-0.25, -0.2) is 9.59 Å². The van der Waals surface area contributed by atoms with Crippen LogP contribution >= 0.6 is 23.1 Å². The van der Waals surface area contributed by atoms with E-state index in [1.54, 1.807) is 30.7 Å². The molecule has 5 N–H and O–H groups in total. The monoisotopic (exact) mass is 583 g/mol. The van der Waals surface area contributed by atoms with Gasteiger partial charge in [0.1, 0.15) is 23.2 Å². The summed E-state index contributed by atoms with van der Waals surface area (Å²) in [5, 5.41) is 41.4. The van der Waals surface area contributed by atoms with Crippen LogP contribution in [-0.4, -0.2) is 107 Å². The van der Waals surface area contributed by atoms with Gasteiger partial charge in [-0.05, 0) is 42.3 Å². The highest BCUT2D eigenvalue weighted by atomic mass is 32.2. The number of β-lactam (4-membered cyclic amide) rings is 2. The van der Waals surface area contributed by atoms with E-state index >= 15 is 0 Å². The molecule has 4 fully saturated rings. The quantitative estimate of drug-likeness (QED) is 0.202. The molecule has 0 radical (unpaired) electrons. The Labute approximate surface area is 229 Å². The lowest BCUT2D eigenvalue weighted by Gasteiger charge is -2.43. The van der Waals surface area contributed by atoms with Crippen molar-refractivity contribution in [3.63, 3.8) is 0 Å². The summed E-state index contributed by atoms with van der Waals surface area (Å²) in [6.45, 7) is 3.16. The van der Waals surface area contributed by atoms with Crippen LogP contribution in [-0.2, 0) is 33.5 Å². The molecule has 14 nitrogen and oxygen atoms in total. The molecule has 4 aliphatic heterocycles. The number of nitrogens with zero attached hydrogens (tertiary/aromatic N) is 2. The molecule has 5 rings (SSSR count). The molecule has 0 aromatic carbocycles. The van der Waals surface area contributed by atoms with E-state index in [2.05, 4.69) is 5.32 Å². The zero-order chi connectivity index (χ0) is 28.8. The molecule has 5 heterocycles. The predicted molar refractivity (Wildman–Crippen MR) is 133 cm³/mol. The Morgan fingerprint density at radius 1 is 1.18 bits per heavy atom. The highest BCUT2D eigenvalue weighted by molar-refractivity contribution is 8.01. The molecule has 6 atom stereocenters. The average Bonchev–Trinajstić information content (AvgIpc) is 3.52. The number of amides is 3. The van der Waals surface area contributed by atoms with Crippen molar-refractivity contribution in [1.29, 1.82) is 0 Å². The molecule has 3 amide bonds. The Morgan fingerprint density at radius 2 is 1.87 bits per heavy atom. The maximum absolute atomic E-state index is 12.4. The van der Waals surface area contributed by atoms with Gasteiger partial charge in [-0.1, -0.05) is 0 Å². The fraction of sp³-hybridized carbons (Fsp3) is 0.478. The van der Waals surface area contributed by atoms with Gasteiger partial charge in [0.2, 0.25) is 17.7 Å². The number of carboxylic acid groups (broad SMARTS) is 3. The topological polar surface area (TPSA) is 211 Å². The van der Waals surface area contributed by atoms with E-state index in [-0.39, 0.29) is 24.7 Å². The van der Waals surface area contributed by atoms with Crippen LogP contribution in [0.5, 0.6) is 0 Å². The van der Waals surface area contributed by atoms with Crippen LogP contribution < -0.4 is 5.32 Å². The lowest BCUT2D eigenvalue weighted by molar-refractivity contribution is -0.163. The summed E-state index contributed by atoms with van der Waals surface area (Å²) in [7, 11) is 0. The van der Waals surface area contributed by atoms with Crippen LogP contribution in [0.1, 0.15) is 31.7 Å². The van der Waals surface area contributed by atoms with Gasteiger partial charge in [-0.15, -0.1) is 11.8 Å². The third-order valence-corrected chi connectivity index (χ3v) is 8.93. The smallest absolute Gasteiger partial charge is 0.334 e. The first kappa shape index (κ1) is 28.4. The molecule has 39 heavy (non-hydrogen) atoms. The second-order valence-corrected chi connectivity index (χ2v) is 12.1. The van der Waals surface area contributed by atoms with Crippen molar-refractivity contribution >= 4 is 58.7 Å². The summed E-state index contributed by atoms with van der Waals surface area (Å²) in [4.78, 5) is 72.0. The molecule has 16 heteroatoms. The number of aliphatic hydroxyl groups excluding tert-OH is 1. The van der Waals surface area contributed by atoms with E-state index in [0.29, 0.717) is 5.56 Å². The minimum absolute atomic E-state index is 0.149. The lowest BCUT2D eigenvalue weighted by atomic mass is 9.95. The summed E-state index contributed by atoms with van der Waals surface area (Å²) in [6, 6.07) is -1.41. The molecule has 1 aromatic rings. The maximum Gasteiger partial charge on any atom is 0.334 e. The number of thiophene rings is 1.